The Morgan fingerprint density at radius 1 is 1.11 bits per heavy atom. The van der Waals surface area contributed by atoms with Gasteiger partial charge in [0, 0.05) is 12.7 Å². The Hall–Kier alpha value is -2.55. The second-order valence-electron chi connectivity index (χ2n) is 4.12. The van der Waals surface area contributed by atoms with Gasteiger partial charge in [0.2, 0.25) is 0 Å². The van der Waals surface area contributed by atoms with Crippen molar-refractivity contribution in [3.8, 4) is 0 Å². The number of amides is 2. The van der Waals surface area contributed by atoms with Gasteiger partial charge in [0.15, 0.2) is 0 Å². The summed E-state index contributed by atoms with van der Waals surface area (Å²) < 4.78 is 0. The van der Waals surface area contributed by atoms with Crippen LogP contribution in [0.5, 0.6) is 0 Å². The molecule has 0 fully saturated rings. The molecule has 0 aromatic heterocycles. The number of anilines is 2. The zero-order chi connectivity index (χ0) is 13.7. The van der Waals surface area contributed by atoms with Gasteiger partial charge in [-0.05, 0) is 23.8 Å². The number of nitrogens with zero attached hydrogens (tertiary/aromatic N) is 1. The number of para-hydroxylation sites is 2. The summed E-state index contributed by atoms with van der Waals surface area (Å²) in [5.74, 6) is 0. The van der Waals surface area contributed by atoms with Crippen molar-refractivity contribution in [2.75, 3.05) is 17.3 Å². The van der Waals surface area contributed by atoms with E-state index >= 15 is 0 Å². The Morgan fingerprint density at radius 2 is 1.74 bits per heavy atom. The number of nitrogens with one attached hydrogen (secondary N) is 1. The lowest BCUT2D eigenvalue weighted by Crippen LogP contribution is -2.31. The van der Waals surface area contributed by atoms with Crippen LogP contribution in [0.3, 0.4) is 0 Å². The van der Waals surface area contributed by atoms with Crippen molar-refractivity contribution < 1.29 is 4.79 Å². The molecular weight excluding hydrogens is 236 g/mol. The number of benzene rings is 2. The lowest BCUT2D eigenvalue weighted by atomic mass is 10.1. The van der Waals surface area contributed by atoms with Crippen molar-refractivity contribution in [2.45, 2.75) is 0 Å². The fourth-order valence-corrected chi connectivity index (χ4v) is 1.80. The molecule has 3 heteroatoms. The topological polar surface area (TPSA) is 32.3 Å². The first-order chi connectivity index (χ1) is 9.22. The lowest BCUT2D eigenvalue weighted by molar-refractivity contribution is 0.258. The molecule has 0 heterocycles. The molecule has 0 saturated carbocycles. The molecule has 1 N–H and O–H groups in total. The van der Waals surface area contributed by atoms with Gasteiger partial charge in [-0.15, -0.1) is 0 Å². The maximum Gasteiger partial charge on any atom is 0.326 e. The summed E-state index contributed by atoms with van der Waals surface area (Å²) in [7, 11) is 1.74. The van der Waals surface area contributed by atoms with E-state index in [9.17, 15) is 4.79 Å². The van der Waals surface area contributed by atoms with Gasteiger partial charge in [0.1, 0.15) is 0 Å². The van der Waals surface area contributed by atoms with Gasteiger partial charge in [-0.2, -0.15) is 0 Å². The molecule has 96 valence electrons. The van der Waals surface area contributed by atoms with Crippen LogP contribution in [0.25, 0.3) is 6.08 Å². The molecule has 0 unspecified atom stereocenters. The van der Waals surface area contributed by atoms with Crippen LogP contribution in [0.4, 0.5) is 16.2 Å². The van der Waals surface area contributed by atoms with Crippen LogP contribution in [-0.4, -0.2) is 13.1 Å². The van der Waals surface area contributed by atoms with Gasteiger partial charge in [-0.3, -0.25) is 4.90 Å². The average molecular weight is 252 g/mol. The summed E-state index contributed by atoms with van der Waals surface area (Å²) in [5, 5.41) is 2.84. The quantitative estimate of drug-likeness (QED) is 0.879. The largest absolute Gasteiger partial charge is 0.326 e. The second-order valence-corrected chi connectivity index (χ2v) is 4.12. The molecule has 2 aromatic rings. The molecule has 2 amide bonds. The summed E-state index contributed by atoms with van der Waals surface area (Å²) in [6, 6.07) is 16.8. The minimum atomic E-state index is -0.180. The number of carbonyl (C=O) groups excluding carboxylic acids is 1. The fraction of sp³-hybridized carbons (Fsp3) is 0.0625. The number of rotatable bonds is 3. The summed E-state index contributed by atoms with van der Waals surface area (Å²) in [6.07, 6.45) is 1.74. The summed E-state index contributed by atoms with van der Waals surface area (Å²) in [6.45, 7) is 3.76. The van der Waals surface area contributed by atoms with E-state index in [0.717, 1.165) is 16.9 Å². The van der Waals surface area contributed by atoms with Crippen LogP contribution in [0.1, 0.15) is 5.56 Å². The van der Waals surface area contributed by atoms with E-state index in [-0.39, 0.29) is 6.03 Å². The highest BCUT2D eigenvalue weighted by Gasteiger charge is 2.12. The standard InChI is InChI=1S/C16H16N2O/c1-3-13-9-7-8-12-15(13)18(2)16(19)17-14-10-5-4-6-11-14/h3-12H,1H2,2H3,(H,17,19). The number of urea groups is 1. The third kappa shape index (κ3) is 3.01. The number of hydrogen-bond donors (Lipinski definition) is 1. The van der Waals surface area contributed by atoms with Crippen LogP contribution >= 0.6 is 0 Å². The molecule has 0 atom stereocenters. The third-order valence-electron chi connectivity index (χ3n) is 2.85. The maximum absolute atomic E-state index is 12.2. The van der Waals surface area contributed by atoms with E-state index in [4.69, 9.17) is 0 Å². The molecule has 3 nitrogen and oxygen atoms in total. The zero-order valence-corrected chi connectivity index (χ0v) is 10.8. The highest BCUT2D eigenvalue weighted by molar-refractivity contribution is 6.02. The van der Waals surface area contributed by atoms with E-state index < -0.39 is 0 Å². The minimum absolute atomic E-state index is 0.180. The van der Waals surface area contributed by atoms with Crippen molar-refractivity contribution in [3.05, 3.63) is 66.7 Å². The normalized spacial score (nSPS) is 9.74. The molecule has 2 aromatic carbocycles. The molecular formula is C16H16N2O. The Balaban J connectivity index is 2.17. The van der Waals surface area contributed by atoms with E-state index in [1.165, 1.54) is 0 Å². The molecule has 0 bridgehead atoms. The van der Waals surface area contributed by atoms with Crippen LogP contribution in [0, 0.1) is 0 Å². The fourth-order valence-electron chi connectivity index (χ4n) is 1.80. The van der Waals surface area contributed by atoms with Crippen molar-refractivity contribution in [2.24, 2.45) is 0 Å². The predicted molar refractivity (Wildman–Crippen MR) is 80.4 cm³/mol. The van der Waals surface area contributed by atoms with Gasteiger partial charge in [0.25, 0.3) is 0 Å². The van der Waals surface area contributed by atoms with Gasteiger partial charge in [0.05, 0.1) is 5.69 Å². The first kappa shape index (κ1) is 12.9. The number of hydrogen-bond acceptors (Lipinski definition) is 1. The van der Waals surface area contributed by atoms with E-state index in [0.29, 0.717) is 0 Å². The van der Waals surface area contributed by atoms with Crippen LogP contribution in [0.15, 0.2) is 61.2 Å². The molecule has 2 rings (SSSR count). The van der Waals surface area contributed by atoms with E-state index in [2.05, 4.69) is 11.9 Å². The lowest BCUT2D eigenvalue weighted by Gasteiger charge is -2.20. The van der Waals surface area contributed by atoms with Gasteiger partial charge >= 0.3 is 6.03 Å². The summed E-state index contributed by atoms with van der Waals surface area (Å²) >= 11 is 0. The Kier molecular flexibility index (Phi) is 3.98. The van der Waals surface area contributed by atoms with Crippen LogP contribution < -0.4 is 10.2 Å². The van der Waals surface area contributed by atoms with Crippen molar-refractivity contribution >= 4 is 23.5 Å². The predicted octanol–water partition coefficient (Wildman–Crippen LogP) is 4.00. The van der Waals surface area contributed by atoms with Crippen molar-refractivity contribution in [1.29, 1.82) is 0 Å². The van der Waals surface area contributed by atoms with Crippen LogP contribution in [-0.2, 0) is 0 Å². The zero-order valence-electron chi connectivity index (χ0n) is 10.8. The maximum atomic E-state index is 12.2. The summed E-state index contributed by atoms with van der Waals surface area (Å²) in [4.78, 5) is 13.7. The Morgan fingerprint density at radius 3 is 2.42 bits per heavy atom. The highest BCUT2D eigenvalue weighted by atomic mass is 16.2. The Bertz CT molecular complexity index is 578. The average Bonchev–Trinajstić information content (AvgIpc) is 2.47. The molecule has 0 aliphatic carbocycles. The first-order valence-electron chi connectivity index (χ1n) is 6.03. The van der Waals surface area contributed by atoms with Gasteiger partial charge in [-0.1, -0.05) is 49.1 Å². The van der Waals surface area contributed by atoms with Gasteiger partial charge < -0.3 is 5.32 Å². The smallest absolute Gasteiger partial charge is 0.308 e. The molecule has 0 spiro atoms. The van der Waals surface area contributed by atoms with E-state index in [1.54, 1.807) is 18.0 Å². The molecule has 0 saturated heterocycles. The molecule has 0 aliphatic heterocycles. The minimum Gasteiger partial charge on any atom is -0.308 e. The molecule has 19 heavy (non-hydrogen) atoms. The SMILES string of the molecule is C=Cc1ccccc1N(C)C(=O)Nc1ccccc1. The summed E-state index contributed by atoms with van der Waals surface area (Å²) in [5.41, 5.74) is 2.52. The highest BCUT2D eigenvalue weighted by Crippen LogP contribution is 2.21. The van der Waals surface area contributed by atoms with Crippen molar-refractivity contribution in [1.82, 2.24) is 0 Å². The van der Waals surface area contributed by atoms with Crippen molar-refractivity contribution in [3.63, 3.8) is 0 Å². The Labute approximate surface area is 113 Å². The molecule has 0 aliphatic rings. The third-order valence-corrected chi connectivity index (χ3v) is 2.85. The first-order valence-corrected chi connectivity index (χ1v) is 6.03. The monoisotopic (exact) mass is 252 g/mol. The van der Waals surface area contributed by atoms with Crippen LogP contribution in [0.2, 0.25) is 0 Å². The number of carbonyl (C=O) groups is 1. The van der Waals surface area contributed by atoms with E-state index in [1.807, 2.05) is 54.6 Å². The molecule has 0 radical (unpaired) electrons. The van der Waals surface area contributed by atoms with Gasteiger partial charge in [-0.25, -0.2) is 4.79 Å². The second kappa shape index (κ2) is 5.87.